The van der Waals surface area contributed by atoms with Crippen molar-refractivity contribution in [2.24, 2.45) is 5.73 Å². The number of likely N-dealkylation sites (tertiary alicyclic amines) is 1. The van der Waals surface area contributed by atoms with Crippen LogP contribution < -0.4 is 15.8 Å². The van der Waals surface area contributed by atoms with Gasteiger partial charge in [-0.15, -0.1) is 12.4 Å². The first-order chi connectivity index (χ1) is 11.0. The van der Waals surface area contributed by atoms with E-state index in [0.717, 1.165) is 12.0 Å². The van der Waals surface area contributed by atoms with Gasteiger partial charge in [0.2, 0.25) is 11.8 Å². The molecule has 1 heterocycles. The number of carbonyl (C=O) groups excluding carboxylic acids is 2. The van der Waals surface area contributed by atoms with Gasteiger partial charge in [0.05, 0.1) is 19.1 Å². The second kappa shape index (κ2) is 9.49. The summed E-state index contributed by atoms with van der Waals surface area (Å²) >= 11 is 0. The van der Waals surface area contributed by atoms with Crippen molar-refractivity contribution < 1.29 is 14.3 Å². The fraction of sp³-hybridized carbons (Fsp3) is 0.529. The van der Waals surface area contributed by atoms with Crippen molar-refractivity contribution in [3.63, 3.8) is 0 Å². The zero-order valence-electron chi connectivity index (χ0n) is 14.2. The molecule has 1 aliphatic heterocycles. The van der Waals surface area contributed by atoms with E-state index in [1.807, 2.05) is 31.2 Å². The molecule has 7 heteroatoms. The lowest BCUT2D eigenvalue weighted by molar-refractivity contribution is -0.131. The van der Waals surface area contributed by atoms with E-state index in [9.17, 15) is 9.59 Å². The number of amides is 2. The summed E-state index contributed by atoms with van der Waals surface area (Å²) in [6.45, 7) is 5.14. The van der Waals surface area contributed by atoms with Crippen molar-refractivity contribution in [3.8, 4) is 5.75 Å². The minimum absolute atomic E-state index is 0. The van der Waals surface area contributed by atoms with Gasteiger partial charge in [-0.1, -0.05) is 18.2 Å². The number of hydrogen-bond acceptors (Lipinski definition) is 4. The number of benzene rings is 1. The van der Waals surface area contributed by atoms with Crippen LogP contribution in [0.1, 0.15) is 38.3 Å². The molecule has 1 unspecified atom stereocenters. The molecule has 2 atom stereocenters. The van der Waals surface area contributed by atoms with Gasteiger partial charge >= 0.3 is 0 Å². The molecule has 2 amide bonds. The van der Waals surface area contributed by atoms with Crippen molar-refractivity contribution >= 4 is 24.2 Å². The zero-order valence-corrected chi connectivity index (χ0v) is 15.0. The van der Waals surface area contributed by atoms with E-state index in [2.05, 4.69) is 5.32 Å². The van der Waals surface area contributed by atoms with E-state index in [1.54, 1.807) is 4.90 Å². The minimum atomic E-state index is -0.403. The molecule has 2 rings (SSSR count). The van der Waals surface area contributed by atoms with Crippen LogP contribution in [0.15, 0.2) is 24.3 Å². The summed E-state index contributed by atoms with van der Waals surface area (Å²) in [5, 5.41) is 2.86. The maximum atomic E-state index is 12.5. The lowest BCUT2D eigenvalue weighted by atomic mass is 10.0. The van der Waals surface area contributed by atoms with Crippen LogP contribution in [0, 0.1) is 0 Å². The highest BCUT2D eigenvalue weighted by Crippen LogP contribution is 2.28. The molecule has 0 bridgehead atoms. The highest BCUT2D eigenvalue weighted by atomic mass is 35.5. The highest BCUT2D eigenvalue weighted by molar-refractivity contribution is 5.85. The number of ether oxygens (including phenoxy) is 1. The Hall–Kier alpha value is -1.79. The second-order valence-corrected chi connectivity index (χ2v) is 5.82. The summed E-state index contributed by atoms with van der Waals surface area (Å²) in [7, 11) is 0. The Labute approximate surface area is 149 Å². The molecular formula is C17H26ClN3O3. The van der Waals surface area contributed by atoms with Crippen LogP contribution in [0.25, 0.3) is 0 Å². The van der Waals surface area contributed by atoms with Gasteiger partial charge in [0, 0.05) is 31.6 Å². The van der Waals surface area contributed by atoms with Gasteiger partial charge in [-0.3, -0.25) is 9.59 Å². The topological polar surface area (TPSA) is 84.7 Å². The normalized spacial score (nSPS) is 17.8. The molecule has 0 aliphatic carbocycles. The summed E-state index contributed by atoms with van der Waals surface area (Å²) < 4.78 is 5.63. The van der Waals surface area contributed by atoms with E-state index in [-0.39, 0.29) is 36.7 Å². The summed E-state index contributed by atoms with van der Waals surface area (Å²) in [6.07, 6.45) is 1.03. The summed E-state index contributed by atoms with van der Waals surface area (Å²) in [6, 6.07) is 7.13. The number of rotatable bonds is 6. The Morgan fingerprint density at radius 2 is 2.12 bits per heavy atom. The smallest absolute Gasteiger partial charge is 0.225 e. The Balaban J connectivity index is 0.00000288. The van der Waals surface area contributed by atoms with Gasteiger partial charge in [-0.2, -0.15) is 0 Å². The van der Waals surface area contributed by atoms with E-state index in [0.29, 0.717) is 25.4 Å². The van der Waals surface area contributed by atoms with Crippen LogP contribution >= 0.6 is 12.4 Å². The SMILES string of the molecule is CCOc1ccccc1C(CC(=O)N1CC[C@@H](N)C1)NC(C)=O.Cl. The van der Waals surface area contributed by atoms with Crippen LogP contribution in [0.4, 0.5) is 0 Å². The molecular weight excluding hydrogens is 330 g/mol. The number of carbonyl (C=O) groups is 2. The molecule has 1 fully saturated rings. The Morgan fingerprint density at radius 1 is 1.42 bits per heavy atom. The number of nitrogens with zero attached hydrogens (tertiary/aromatic N) is 1. The molecule has 1 aliphatic rings. The first-order valence-corrected chi connectivity index (χ1v) is 8.03. The second-order valence-electron chi connectivity index (χ2n) is 5.82. The van der Waals surface area contributed by atoms with Crippen molar-refractivity contribution in [1.82, 2.24) is 10.2 Å². The fourth-order valence-corrected chi connectivity index (χ4v) is 2.86. The number of nitrogens with two attached hydrogens (primary N) is 1. The average Bonchev–Trinajstić information content (AvgIpc) is 2.94. The van der Waals surface area contributed by atoms with Gasteiger partial charge in [-0.25, -0.2) is 0 Å². The fourth-order valence-electron chi connectivity index (χ4n) is 2.86. The third-order valence-corrected chi connectivity index (χ3v) is 3.93. The quantitative estimate of drug-likeness (QED) is 0.812. The van der Waals surface area contributed by atoms with Crippen molar-refractivity contribution in [3.05, 3.63) is 29.8 Å². The average molecular weight is 356 g/mol. The van der Waals surface area contributed by atoms with E-state index < -0.39 is 6.04 Å². The van der Waals surface area contributed by atoms with Crippen LogP contribution in [-0.4, -0.2) is 42.5 Å². The van der Waals surface area contributed by atoms with Gasteiger partial charge < -0.3 is 20.7 Å². The Bertz CT molecular complexity index is 568. The van der Waals surface area contributed by atoms with Gasteiger partial charge in [0.25, 0.3) is 0 Å². The molecule has 134 valence electrons. The zero-order chi connectivity index (χ0) is 16.8. The van der Waals surface area contributed by atoms with Crippen LogP contribution in [0.2, 0.25) is 0 Å². The predicted octanol–water partition coefficient (Wildman–Crippen LogP) is 1.63. The maximum Gasteiger partial charge on any atom is 0.225 e. The van der Waals surface area contributed by atoms with Crippen LogP contribution in [0.3, 0.4) is 0 Å². The predicted molar refractivity (Wildman–Crippen MR) is 95.2 cm³/mol. The lowest BCUT2D eigenvalue weighted by Crippen LogP contribution is -2.36. The third-order valence-electron chi connectivity index (χ3n) is 3.93. The molecule has 0 saturated carbocycles. The van der Waals surface area contributed by atoms with E-state index in [1.165, 1.54) is 6.92 Å². The molecule has 1 saturated heterocycles. The standard InChI is InChI=1S/C17H25N3O3.ClH/c1-3-23-16-7-5-4-6-14(16)15(19-12(2)21)10-17(22)20-9-8-13(18)11-20;/h4-7,13,15H,3,8-11,18H2,1-2H3,(H,19,21);1H/t13-,15?;/m1./s1. The van der Waals surface area contributed by atoms with Crippen LogP contribution in [-0.2, 0) is 9.59 Å². The lowest BCUT2D eigenvalue weighted by Gasteiger charge is -2.23. The van der Waals surface area contributed by atoms with Crippen molar-refractivity contribution in [2.75, 3.05) is 19.7 Å². The molecule has 24 heavy (non-hydrogen) atoms. The molecule has 6 nitrogen and oxygen atoms in total. The van der Waals surface area contributed by atoms with E-state index >= 15 is 0 Å². The van der Waals surface area contributed by atoms with Gasteiger partial charge in [0.15, 0.2) is 0 Å². The first kappa shape index (κ1) is 20.3. The van der Waals surface area contributed by atoms with Gasteiger partial charge in [0.1, 0.15) is 5.75 Å². The van der Waals surface area contributed by atoms with Crippen LogP contribution in [0.5, 0.6) is 5.75 Å². The van der Waals surface area contributed by atoms with Gasteiger partial charge in [-0.05, 0) is 19.4 Å². The Kier molecular flexibility index (Phi) is 8.01. The monoisotopic (exact) mass is 355 g/mol. The highest BCUT2D eigenvalue weighted by Gasteiger charge is 2.27. The maximum absolute atomic E-state index is 12.5. The number of nitrogens with one attached hydrogen (secondary N) is 1. The van der Waals surface area contributed by atoms with Crippen molar-refractivity contribution in [1.29, 1.82) is 0 Å². The molecule has 0 aromatic heterocycles. The molecule has 1 aromatic carbocycles. The third kappa shape index (κ3) is 5.39. The summed E-state index contributed by atoms with van der Waals surface area (Å²) in [4.78, 5) is 25.8. The molecule has 0 spiro atoms. The molecule has 1 aromatic rings. The summed E-state index contributed by atoms with van der Waals surface area (Å²) in [5.74, 6) is 0.523. The molecule has 3 N–H and O–H groups in total. The van der Waals surface area contributed by atoms with Crippen molar-refractivity contribution in [2.45, 2.75) is 38.8 Å². The molecule has 0 radical (unpaired) electrons. The summed E-state index contributed by atoms with van der Waals surface area (Å²) in [5.41, 5.74) is 6.69. The largest absolute Gasteiger partial charge is 0.494 e. The Morgan fingerprint density at radius 3 is 2.71 bits per heavy atom. The minimum Gasteiger partial charge on any atom is -0.494 e. The first-order valence-electron chi connectivity index (χ1n) is 8.03. The van der Waals surface area contributed by atoms with E-state index in [4.69, 9.17) is 10.5 Å². The number of para-hydroxylation sites is 1. The number of halogens is 1. The number of hydrogen-bond donors (Lipinski definition) is 2.